The molecule has 2 amide bonds. The lowest BCUT2D eigenvalue weighted by Gasteiger charge is -2.16. The monoisotopic (exact) mass is 463 g/mol. The molecule has 0 atom stereocenters. The van der Waals surface area contributed by atoms with Gasteiger partial charge in [0.15, 0.2) is 0 Å². The number of aromatic nitrogens is 2. The van der Waals surface area contributed by atoms with Crippen molar-refractivity contribution in [2.75, 3.05) is 23.8 Å². The highest BCUT2D eigenvalue weighted by atomic mass is 16.2. The van der Waals surface area contributed by atoms with Crippen molar-refractivity contribution in [2.45, 2.75) is 12.8 Å². The molecule has 5 rings (SSSR count). The molecule has 3 aromatic carbocycles. The minimum absolute atomic E-state index is 0.00172. The number of para-hydroxylation sites is 1. The Labute approximate surface area is 203 Å². The number of likely N-dealkylation sites (N-methyl/N-ethyl adjacent to an activating group) is 1. The Kier molecular flexibility index (Phi) is 6.22. The van der Waals surface area contributed by atoms with Crippen LogP contribution in [0.25, 0.3) is 11.3 Å². The zero-order valence-electron chi connectivity index (χ0n) is 19.4. The Morgan fingerprint density at radius 3 is 2.51 bits per heavy atom. The summed E-state index contributed by atoms with van der Waals surface area (Å²) >= 11 is 0. The van der Waals surface area contributed by atoms with Crippen molar-refractivity contribution >= 4 is 29.1 Å². The topological polar surface area (TPSA) is 87.2 Å². The summed E-state index contributed by atoms with van der Waals surface area (Å²) in [7, 11) is 1.78. The van der Waals surface area contributed by atoms with Crippen LogP contribution in [0, 0.1) is 0 Å². The second kappa shape index (κ2) is 9.77. The fourth-order valence-corrected chi connectivity index (χ4v) is 4.11. The smallest absolute Gasteiger partial charge is 0.251 e. The van der Waals surface area contributed by atoms with Gasteiger partial charge in [0.05, 0.1) is 17.8 Å². The summed E-state index contributed by atoms with van der Waals surface area (Å²) in [5.74, 6) is 0.313. The first-order chi connectivity index (χ1) is 17.1. The molecule has 0 radical (unpaired) electrons. The molecule has 0 fully saturated rings. The number of hydrogen-bond acceptors (Lipinski definition) is 5. The molecule has 0 saturated heterocycles. The van der Waals surface area contributed by atoms with Crippen molar-refractivity contribution in [3.05, 3.63) is 102 Å². The quantitative estimate of drug-likeness (QED) is 0.443. The van der Waals surface area contributed by atoms with Crippen molar-refractivity contribution in [3.63, 3.8) is 0 Å². The van der Waals surface area contributed by atoms with Gasteiger partial charge in [-0.2, -0.15) is 0 Å². The number of amides is 2. The van der Waals surface area contributed by atoms with E-state index in [0.29, 0.717) is 18.1 Å². The minimum Gasteiger partial charge on any atom is -0.352 e. The van der Waals surface area contributed by atoms with E-state index in [1.54, 1.807) is 30.3 Å². The molecule has 4 aromatic rings. The Hall–Kier alpha value is -4.52. The number of nitrogens with zero attached hydrogens (tertiary/aromatic N) is 3. The first-order valence-corrected chi connectivity index (χ1v) is 11.5. The molecule has 0 bridgehead atoms. The second-order valence-corrected chi connectivity index (χ2v) is 8.41. The normalized spacial score (nSPS) is 12.4. The van der Waals surface area contributed by atoms with Crippen LogP contribution in [-0.4, -0.2) is 35.4 Å². The maximum atomic E-state index is 12.6. The van der Waals surface area contributed by atoms with E-state index in [2.05, 4.69) is 15.6 Å². The Bertz CT molecular complexity index is 1370. The van der Waals surface area contributed by atoms with Crippen molar-refractivity contribution in [1.29, 1.82) is 0 Å². The first-order valence-electron chi connectivity index (χ1n) is 11.5. The van der Waals surface area contributed by atoms with Crippen LogP contribution in [0.3, 0.4) is 0 Å². The number of hydrogen-bond donors (Lipinski definition) is 2. The van der Waals surface area contributed by atoms with E-state index in [0.717, 1.165) is 34.6 Å². The van der Waals surface area contributed by atoms with Crippen LogP contribution < -0.4 is 15.5 Å². The predicted octanol–water partition coefficient (Wildman–Crippen LogP) is 4.38. The number of benzene rings is 3. The SMILES string of the molecule is CN1C(=O)Cc2cnc(Nc3ccc(C(=O)NCCc4ccccc4)cc3)nc2-c2ccccc21. The molecule has 174 valence electrons. The van der Waals surface area contributed by atoms with Gasteiger partial charge in [-0.1, -0.05) is 48.5 Å². The number of carbonyl (C=O) groups excluding carboxylic acids is 2. The maximum absolute atomic E-state index is 12.6. The van der Waals surface area contributed by atoms with Crippen LogP contribution in [0.2, 0.25) is 0 Å². The van der Waals surface area contributed by atoms with Crippen LogP contribution in [0.15, 0.2) is 85.1 Å². The first kappa shape index (κ1) is 22.3. The van der Waals surface area contributed by atoms with E-state index in [9.17, 15) is 9.59 Å². The third-order valence-electron chi connectivity index (χ3n) is 6.05. The maximum Gasteiger partial charge on any atom is 0.251 e. The average Bonchev–Trinajstić information content (AvgIpc) is 2.99. The molecule has 7 heteroatoms. The summed E-state index contributed by atoms with van der Waals surface area (Å²) in [4.78, 5) is 35.8. The molecular formula is C28H25N5O2. The third-order valence-corrected chi connectivity index (χ3v) is 6.05. The Morgan fingerprint density at radius 2 is 1.71 bits per heavy atom. The predicted molar refractivity (Wildman–Crippen MR) is 137 cm³/mol. The van der Waals surface area contributed by atoms with E-state index in [1.165, 1.54) is 5.56 Å². The number of anilines is 3. The van der Waals surface area contributed by atoms with E-state index in [-0.39, 0.29) is 18.2 Å². The van der Waals surface area contributed by atoms with Gasteiger partial charge in [-0.25, -0.2) is 9.97 Å². The summed E-state index contributed by atoms with van der Waals surface area (Å²) in [6.45, 7) is 0.574. The van der Waals surface area contributed by atoms with Gasteiger partial charge in [0.2, 0.25) is 11.9 Å². The molecule has 0 aliphatic carbocycles. The zero-order chi connectivity index (χ0) is 24.2. The summed E-state index contributed by atoms with van der Waals surface area (Å²) < 4.78 is 0. The van der Waals surface area contributed by atoms with Crippen LogP contribution in [-0.2, 0) is 17.6 Å². The van der Waals surface area contributed by atoms with E-state index >= 15 is 0 Å². The minimum atomic E-state index is -0.112. The molecule has 1 aliphatic heterocycles. The van der Waals surface area contributed by atoms with Crippen LogP contribution >= 0.6 is 0 Å². The van der Waals surface area contributed by atoms with Gasteiger partial charge < -0.3 is 15.5 Å². The summed E-state index contributed by atoms with van der Waals surface area (Å²) in [6, 6.07) is 25.0. The fourth-order valence-electron chi connectivity index (χ4n) is 4.11. The van der Waals surface area contributed by atoms with E-state index in [1.807, 2.05) is 66.7 Å². The van der Waals surface area contributed by atoms with Crippen molar-refractivity contribution in [1.82, 2.24) is 15.3 Å². The number of nitrogens with one attached hydrogen (secondary N) is 2. The second-order valence-electron chi connectivity index (χ2n) is 8.41. The van der Waals surface area contributed by atoms with Gasteiger partial charge in [0.25, 0.3) is 5.91 Å². The number of fused-ring (bicyclic) bond motifs is 3. The standard InChI is InChI=1S/C28H25N5O2/c1-33-24-10-6-5-9-23(24)26-21(17-25(33)34)18-30-28(32-26)31-22-13-11-20(12-14-22)27(35)29-16-15-19-7-3-2-4-8-19/h2-14,18H,15-17H2,1H3,(H,29,35)(H,30,31,32). The molecule has 7 nitrogen and oxygen atoms in total. The van der Waals surface area contributed by atoms with E-state index < -0.39 is 0 Å². The van der Waals surface area contributed by atoms with Crippen molar-refractivity contribution in [3.8, 4) is 11.3 Å². The molecule has 0 spiro atoms. The molecule has 35 heavy (non-hydrogen) atoms. The lowest BCUT2D eigenvalue weighted by molar-refractivity contribution is -0.117. The molecular weight excluding hydrogens is 438 g/mol. The summed E-state index contributed by atoms with van der Waals surface area (Å²) in [5.41, 5.74) is 5.78. The fraction of sp³-hybridized carbons (Fsp3) is 0.143. The Balaban J connectivity index is 1.28. The number of rotatable bonds is 6. The summed E-state index contributed by atoms with van der Waals surface area (Å²) in [5, 5.41) is 6.16. The lowest BCUT2D eigenvalue weighted by Crippen LogP contribution is -2.26. The van der Waals surface area contributed by atoms with Gasteiger partial charge in [-0.3, -0.25) is 9.59 Å². The van der Waals surface area contributed by atoms with Crippen molar-refractivity contribution in [2.24, 2.45) is 0 Å². The van der Waals surface area contributed by atoms with Crippen LogP contribution in [0.4, 0.5) is 17.3 Å². The van der Waals surface area contributed by atoms with E-state index in [4.69, 9.17) is 4.98 Å². The number of carbonyl (C=O) groups is 2. The third kappa shape index (κ3) is 4.89. The average molecular weight is 464 g/mol. The summed E-state index contributed by atoms with van der Waals surface area (Å²) in [6.07, 6.45) is 2.73. The van der Waals surface area contributed by atoms with Crippen LogP contribution in [0.5, 0.6) is 0 Å². The van der Waals surface area contributed by atoms with Gasteiger partial charge >= 0.3 is 0 Å². The lowest BCUT2D eigenvalue weighted by atomic mass is 10.1. The molecule has 2 N–H and O–H groups in total. The highest BCUT2D eigenvalue weighted by molar-refractivity contribution is 6.01. The molecule has 0 unspecified atom stereocenters. The molecule has 2 heterocycles. The van der Waals surface area contributed by atoms with Gasteiger partial charge in [0, 0.05) is 42.2 Å². The molecule has 1 aromatic heterocycles. The molecule has 0 saturated carbocycles. The van der Waals surface area contributed by atoms with Gasteiger partial charge in [0.1, 0.15) is 0 Å². The highest BCUT2D eigenvalue weighted by Gasteiger charge is 2.24. The zero-order valence-corrected chi connectivity index (χ0v) is 19.4. The Morgan fingerprint density at radius 1 is 0.971 bits per heavy atom. The largest absolute Gasteiger partial charge is 0.352 e. The molecule has 1 aliphatic rings. The highest BCUT2D eigenvalue weighted by Crippen LogP contribution is 2.35. The van der Waals surface area contributed by atoms with Crippen molar-refractivity contribution < 1.29 is 9.59 Å². The van der Waals surface area contributed by atoms with Gasteiger partial charge in [-0.15, -0.1) is 0 Å². The van der Waals surface area contributed by atoms with Gasteiger partial charge in [-0.05, 0) is 42.3 Å². The van der Waals surface area contributed by atoms with Crippen LogP contribution in [0.1, 0.15) is 21.5 Å².